The van der Waals surface area contributed by atoms with Crippen molar-refractivity contribution in [3.05, 3.63) is 63.2 Å². The Morgan fingerprint density at radius 1 is 1.04 bits per heavy atom. The number of halogens is 1. The quantitative estimate of drug-likeness (QED) is 0.522. The van der Waals surface area contributed by atoms with Crippen molar-refractivity contribution in [2.24, 2.45) is 0 Å². The number of hydrogen-bond acceptors (Lipinski definition) is 3. The zero-order valence-electron chi connectivity index (χ0n) is 14.0. The van der Waals surface area contributed by atoms with E-state index < -0.39 is 0 Å². The molecule has 2 N–H and O–H groups in total. The van der Waals surface area contributed by atoms with Gasteiger partial charge in [0.1, 0.15) is 0 Å². The van der Waals surface area contributed by atoms with E-state index in [-0.39, 0.29) is 16.9 Å². The molecule has 2 aromatic rings. The van der Waals surface area contributed by atoms with E-state index in [4.69, 9.17) is 12.2 Å². The Hall–Kier alpha value is -2.00. The minimum absolute atomic E-state index is 0.0277. The van der Waals surface area contributed by atoms with Gasteiger partial charge in [0.2, 0.25) is 0 Å². The molecule has 0 aliphatic carbocycles. The van der Waals surface area contributed by atoms with E-state index in [1.54, 1.807) is 30.3 Å². The number of hydrogen-bond donors (Lipinski definition) is 2. The molecule has 2 aromatic carbocycles. The van der Waals surface area contributed by atoms with Gasteiger partial charge in [0.15, 0.2) is 5.11 Å². The van der Waals surface area contributed by atoms with Gasteiger partial charge in [-0.15, -0.1) is 0 Å². The SMILES string of the molecule is O=C(NC(=S)Nc1cccc(C(=O)N2CCCC2)c1)c1ccccc1I. The Bertz CT molecular complexity index is 850. The Kier molecular flexibility index (Phi) is 6.20. The molecule has 1 saturated heterocycles. The first-order chi connectivity index (χ1) is 12.5. The number of nitrogens with zero attached hydrogens (tertiary/aromatic N) is 1. The highest BCUT2D eigenvalue weighted by Gasteiger charge is 2.19. The van der Waals surface area contributed by atoms with Gasteiger partial charge in [-0.1, -0.05) is 18.2 Å². The molecule has 1 aliphatic rings. The van der Waals surface area contributed by atoms with Crippen LogP contribution in [0.15, 0.2) is 48.5 Å². The second kappa shape index (κ2) is 8.59. The topological polar surface area (TPSA) is 61.4 Å². The molecule has 2 amide bonds. The van der Waals surface area contributed by atoms with Crippen LogP contribution in [-0.2, 0) is 0 Å². The monoisotopic (exact) mass is 479 g/mol. The molecule has 3 rings (SSSR count). The Labute approximate surface area is 171 Å². The number of benzene rings is 2. The number of nitrogens with one attached hydrogen (secondary N) is 2. The summed E-state index contributed by atoms with van der Waals surface area (Å²) in [5.41, 5.74) is 1.85. The summed E-state index contributed by atoms with van der Waals surface area (Å²) < 4.78 is 0.851. The minimum atomic E-state index is -0.267. The molecule has 0 aromatic heterocycles. The normalized spacial score (nSPS) is 13.3. The first-order valence-electron chi connectivity index (χ1n) is 8.31. The molecule has 0 saturated carbocycles. The number of anilines is 1. The van der Waals surface area contributed by atoms with Crippen LogP contribution < -0.4 is 10.6 Å². The Balaban J connectivity index is 1.64. The van der Waals surface area contributed by atoms with E-state index in [9.17, 15) is 9.59 Å². The predicted octanol–water partition coefficient (Wildman–Crippen LogP) is 3.65. The molecule has 5 nitrogen and oxygen atoms in total. The van der Waals surface area contributed by atoms with E-state index >= 15 is 0 Å². The molecule has 134 valence electrons. The molecular weight excluding hydrogens is 461 g/mol. The maximum absolute atomic E-state index is 12.5. The summed E-state index contributed by atoms with van der Waals surface area (Å²) >= 11 is 7.34. The lowest BCUT2D eigenvalue weighted by Crippen LogP contribution is -2.34. The van der Waals surface area contributed by atoms with Crippen LogP contribution in [0.25, 0.3) is 0 Å². The van der Waals surface area contributed by atoms with Gasteiger partial charge in [-0.3, -0.25) is 14.9 Å². The largest absolute Gasteiger partial charge is 0.339 e. The van der Waals surface area contributed by atoms with Crippen molar-refractivity contribution in [2.75, 3.05) is 18.4 Å². The van der Waals surface area contributed by atoms with Crippen LogP contribution >= 0.6 is 34.8 Å². The van der Waals surface area contributed by atoms with Crippen molar-refractivity contribution >= 4 is 57.4 Å². The predicted molar refractivity (Wildman–Crippen MR) is 114 cm³/mol. The molecule has 0 spiro atoms. The van der Waals surface area contributed by atoms with Crippen molar-refractivity contribution in [2.45, 2.75) is 12.8 Å². The number of thiocarbonyl (C=S) groups is 1. The van der Waals surface area contributed by atoms with Gasteiger partial charge in [-0.2, -0.15) is 0 Å². The number of likely N-dealkylation sites (tertiary alicyclic amines) is 1. The fourth-order valence-electron chi connectivity index (χ4n) is 2.81. The van der Waals surface area contributed by atoms with Gasteiger partial charge in [0, 0.05) is 27.9 Å². The highest BCUT2D eigenvalue weighted by Crippen LogP contribution is 2.16. The van der Waals surface area contributed by atoms with Crippen LogP contribution in [-0.4, -0.2) is 34.9 Å². The maximum atomic E-state index is 12.5. The van der Waals surface area contributed by atoms with E-state index in [0.717, 1.165) is 29.5 Å². The van der Waals surface area contributed by atoms with Gasteiger partial charge < -0.3 is 10.2 Å². The van der Waals surface area contributed by atoms with E-state index in [0.29, 0.717) is 16.8 Å². The van der Waals surface area contributed by atoms with Crippen LogP contribution in [0.2, 0.25) is 0 Å². The fraction of sp³-hybridized carbons (Fsp3) is 0.211. The smallest absolute Gasteiger partial charge is 0.258 e. The average Bonchev–Trinajstić information content (AvgIpc) is 3.16. The lowest BCUT2D eigenvalue weighted by atomic mass is 10.2. The lowest BCUT2D eigenvalue weighted by Gasteiger charge is -2.16. The van der Waals surface area contributed by atoms with E-state index in [2.05, 4.69) is 33.2 Å². The molecular formula is C19H18IN3O2S. The average molecular weight is 479 g/mol. The summed E-state index contributed by atoms with van der Waals surface area (Å²) in [7, 11) is 0. The minimum Gasteiger partial charge on any atom is -0.339 e. The number of carbonyl (C=O) groups excluding carboxylic acids is 2. The molecule has 26 heavy (non-hydrogen) atoms. The van der Waals surface area contributed by atoms with Gasteiger partial charge in [0.25, 0.3) is 11.8 Å². The Morgan fingerprint density at radius 2 is 1.77 bits per heavy atom. The fourth-order valence-corrected chi connectivity index (χ4v) is 3.65. The summed E-state index contributed by atoms with van der Waals surface area (Å²) in [4.78, 5) is 26.6. The standard InChI is InChI=1S/C19H18IN3O2S/c20-16-9-2-1-8-15(16)17(24)22-19(26)21-14-7-5-6-13(12-14)18(25)23-10-3-4-11-23/h1-2,5-9,12H,3-4,10-11H2,(H2,21,22,24,26). The molecule has 0 unspecified atom stereocenters. The van der Waals surface area contributed by atoms with Crippen LogP contribution in [0.1, 0.15) is 33.6 Å². The van der Waals surface area contributed by atoms with Crippen LogP contribution in [0.3, 0.4) is 0 Å². The van der Waals surface area contributed by atoms with Gasteiger partial charge in [0.05, 0.1) is 5.56 Å². The summed E-state index contributed by atoms with van der Waals surface area (Å²) in [6.07, 6.45) is 2.11. The van der Waals surface area contributed by atoms with Gasteiger partial charge in [-0.25, -0.2) is 0 Å². The van der Waals surface area contributed by atoms with Crippen LogP contribution in [0.5, 0.6) is 0 Å². The summed E-state index contributed by atoms with van der Waals surface area (Å²) in [6.45, 7) is 1.61. The third kappa shape index (κ3) is 4.59. The van der Waals surface area contributed by atoms with Crippen molar-refractivity contribution in [1.29, 1.82) is 0 Å². The molecule has 1 heterocycles. The summed E-state index contributed by atoms with van der Waals surface area (Å²) in [6, 6.07) is 14.4. The van der Waals surface area contributed by atoms with Crippen LogP contribution in [0, 0.1) is 3.57 Å². The van der Waals surface area contributed by atoms with Crippen molar-refractivity contribution in [3.63, 3.8) is 0 Å². The zero-order valence-corrected chi connectivity index (χ0v) is 17.0. The first kappa shape index (κ1) is 18.8. The molecule has 1 fully saturated rings. The van der Waals surface area contributed by atoms with Gasteiger partial charge >= 0.3 is 0 Å². The molecule has 7 heteroatoms. The Morgan fingerprint density at radius 3 is 2.50 bits per heavy atom. The second-order valence-electron chi connectivity index (χ2n) is 5.97. The molecule has 0 radical (unpaired) electrons. The van der Waals surface area contributed by atoms with Crippen molar-refractivity contribution in [1.82, 2.24) is 10.2 Å². The van der Waals surface area contributed by atoms with Gasteiger partial charge in [-0.05, 0) is 78.0 Å². The molecule has 1 aliphatic heterocycles. The van der Waals surface area contributed by atoms with Crippen molar-refractivity contribution in [3.8, 4) is 0 Å². The molecule has 0 bridgehead atoms. The third-order valence-electron chi connectivity index (χ3n) is 4.11. The molecule has 0 atom stereocenters. The maximum Gasteiger partial charge on any atom is 0.258 e. The number of rotatable bonds is 3. The highest BCUT2D eigenvalue weighted by atomic mass is 127. The van der Waals surface area contributed by atoms with Crippen molar-refractivity contribution < 1.29 is 9.59 Å². The third-order valence-corrected chi connectivity index (χ3v) is 5.25. The highest BCUT2D eigenvalue weighted by molar-refractivity contribution is 14.1. The van der Waals surface area contributed by atoms with E-state index in [1.807, 2.05) is 23.1 Å². The lowest BCUT2D eigenvalue weighted by molar-refractivity contribution is 0.0792. The first-order valence-corrected chi connectivity index (χ1v) is 9.79. The number of carbonyl (C=O) groups is 2. The van der Waals surface area contributed by atoms with E-state index in [1.165, 1.54) is 0 Å². The summed E-state index contributed by atoms with van der Waals surface area (Å²) in [5.74, 6) is -0.239. The summed E-state index contributed by atoms with van der Waals surface area (Å²) in [5, 5.41) is 5.84. The second-order valence-corrected chi connectivity index (χ2v) is 7.54. The number of amides is 2. The zero-order chi connectivity index (χ0) is 18.5. The van der Waals surface area contributed by atoms with Crippen LogP contribution in [0.4, 0.5) is 5.69 Å².